The molecule has 0 bridgehead atoms. The van der Waals surface area contributed by atoms with Crippen molar-refractivity contribution in [3.63, 3.8) is 0 Å². The molecular formula is C22H23ClN4O2. The van der Waals surface area contributed by atoms with Crippen molar-refractivity contribution in [2.75, 3.05) is 33.0 Å². The average Bonchev–Trinajstić information content (AvgIpc) is 3.11. The first-order valence-corrected chi connectivity index (χ1v) is 10.3. The lowest BCUT2D eigenvalue weighted by atomic mass is 10.1. The highest BCUT2D eigenvalue weighted by Crippen LogP contribution is 2.34. The van der Waals surface area contributed by atoms with Gasteiger partial charge >= 0.3 is 0 Å². The summed E-state index contributed by atoms with van der Waals surface area (Å²) < 4.78 is 10.9. The zero-order chi connectivity index (χ0) is 19.8. The van der Waals surface area contributed by atoms with Crippen LogP contribution < -0.4 is 9.47 Å². The lowest BCUT2D eigenvalue weighted by Crippen LogP contribution is -2.48. The van der Waals surface area contributed by atoms with Gasteiger partial charge in [0.25, 0.3) is 0 Å². The van der Waals surface area contributed by atoms with E-state index in [-0.39, 0.29) is 0 Å². The van der Waals surface area contributed by atoms with Crippen LogP contribution in [0.2, 0.25) is 5.02 Å². The molecule has 3 heterocycles. The fraction of sp³-hybridized carbons (Fsp3) is 0.364. The molecule has 2 aromatic rings. The van der Waals surface area contributed by atoms with E-state index >= 15 is 0 Å². The Balaban J connectivity index is 1.26. The van der Waals surface area contributed by atoms with E-state index in [4.69, 9.17) is 31.1 Å². The number of piperazine rings is 1. The Morgan fingerprint density at radius 2 is 1.76 bits per heavy atom. The van der Waals surface area contributed by atoms with Crippen LogP contribution in [-0.2, 0) is 6.54 Å². The maximum absolute atomic E-state index is 6.18. The maximum atomic E-state index is 6.18. The Labute approximate surface area is 175 Å². The van der Waals surface area contributed by atoms with Crippen molar-refractivity contribution >= 4 is 34.5 Å². The third-order valence-corrected chi connectivity index (χ3v) is 5.73. The van der Waals surface area contributed by atoms with Crippen molar-refractivity contribution in [3.05, 3.63) is 47.0 Å². The second kappa shape index (κ2) is 7.69. The monoisotopic (exact) mass is 410 g/mol. The molecule has 6 nitrogen and oxygen atoms in total. The van der Waals surface area contributed by atoms with Crippen molar-refractivity contribution in [2.24, 2.45) is 9.98 Å². The van der Waals surface area contributed by atoms with Crippen LogP contribution in [-0.4, -0.2) is 54.3 Å². The quantitative estimate of drug-likeness (QED) is 0.735. The Hall–Kier alpha value is -2.57. The van der Waals surface area contributed by atoms with Crippen molar-refractivity contribution in [1.29, 1.82) is 0 Å². The van der Waals surface area contributed by atoms with E-state index in [2.05, 4.69) is 28.9 Å². The van der Waals surface area contributed by atoms with Gasteiger partial charge in [-0.2, -0.15) is 0 Å². The summed E-state index contributed by atoms with van der Waals surface area (Å²) in [5.41, 5.74) is 4.07. The minimum atomic E-state index is 0.316. The van der Waals surface area contributed by atoms with Crippen molar-refractivity contribution in [3.8, 4) is 11.5 Å². The van der Waals surface area contributed by atoms with Gasteiger partial charge in [-0.3, -0.25) is 9.89 Å². The number of amidine groups is 1. The minimum Gasteiger partial charge on any atom is -0.454 e. The van der Waals surface area contributed by atoms with Crippen LogP contribution in [0.3, 0.4) is 0 Å². The summed E-state index contributed by atoms with van der Waals surface area (Å²) in [6.07, 6.45) is 0.772. The molecule has 0 amide bonds. The molecule has 2 aromatic carbocycles. The van der Waals surface area contributed by atoms with Gasteiger partial charge in [0.2, 0.25) is 6.79 Å². The van der Waals surface area contributed by atoms with Gasteiger partial charge in [0.1, 0.15) is 5.84 Å². The van der Waals surface area contributed by atoms with Crippen LogP contribution in [0.4, 0.5) is 11.4 Å². The second-order valence-electron chi connectivity index (χ2n) is 7.64. The molecule has 3 aliphatic rings. The van der Waals surface area contributed by atoms with Crippen LogP contribution in [0, 0.1) is 0 Å². The van der Waals surface area contributed by atoms with E-state index in [0.29, 0.717) is 11.8 Å². The average molecular weight is 411 g/mol. The van der Waals surface area contributed by atoms with Gasteiger partial charge in [0, 0.05) is 49.9 Å². The van der Waals surface area contributed by atoms with Gasteiger partial charge in [0.15, 0.2) is 11.5 Å². The van der Waals surface area contributed by atoms with Crippen LogP contribution in [0.5, 0.6) is 11.5 Å². The summed E-state index contributed by atoms with van der Waals surface area (Å²) in [6, 6.07) is 11.9. The SMILES string of the molecule is CC1=Nc2ccc(Cl)cc2N=C(N2CCN(Cc3ccc4c(c3)OCO4)CC2)C1. The van der Waals surface area contributed by atoms with Crippen molar-refractivity contribution in [1.82, 2.24) is 9.80 Å². The molecule has 7 heteroatoms. The zero-order valence-electron chi connectivity index (χ0n) is 16.4. The molecule has 1 fully saturated rings. The fourth-order valence-electron chi connectivity index (χ4n) is 3.98. The molecule has 29 heavy (non-hydrogen) atoms. The number of halogens is 1. The number of hydrogen-bond acceptors (Lipinski definition) is 6. The number of hydrogen-bond donors (Lipinski definition) is 0. The van der Waals surface area contributed by atoms with E-state index in [1.807, 2.05) is 24.3 Å². The van der Waals surface area contributed by atoms with E-state index in [1.54, 1.807) is 0 Å². The molecule has 0 saturated carbocycles. The molecule has 0 radical (unpaired) electrons. The lowest BCUT2D eigenvalue weighted by Gasteiger charge is -2.36. The third-order valence-electron chi connectivity index (χ3n) is 5.49. The summed E-state index contributed by atoms with van der Waals surface area (Å²) in [4.78, 5) is 14.5. The maximum Gasteiger partial charge on any atom is 0.231 e. The standard InChI is InChI=1S/C22H23ClN4O2/c1-15-10-22(25-19-12-17(23)3-4-18(19)24-15)27-8-6-26(7-9-27)13-16-2-5-20-21(11-16)29-14-28-20/h2-5,11-12H,6-10,13-14H2,1H3. The van der Waals surface area contributed by atoms with Crippen LogP contribution in [0.25, 0.3) is 0 Å². The zero-order valence-corrected chi connectivity index (χ0v) is 17.2. The van der Waals surface area contributed by atoms with Crippen LogP contribution in [0.15, 0.2) is 46.4 Å². The predicted octanol–water partition coefficient (Wildman–Crippen LogP) is 4.41. The molecule has 0 aromatic heterocycles. The van der Waals surface area contributed by atoms with Gasteiger partial charge in [-0.25, -0.2) is 4.99 Å². The first-order valence-electron chi connectivity index (χ1n) is 9.91. The molecule has 0 N–H and O–H groups in total. The Kier molecular flexibility index (Phi) is 4.89. The molecule has 0 atom stereocenters. The van der Waals surface area contributed by atoms with Gasteiger partial charge in [-0.15, -0.1) is 0 Å². The number of rotatable bonds is 2. The Morgan fingerprint density at radius 1 is 0.931 bits per heavy atom. The molecular weight excluding hydrogens is 388 g/mol. The van der Waals surface area contributed by atoms with Gasteiger partial charge in [-0.1, -0.05) is 17.7 Å². The van der Waals surface area contributed by atoms with Gasteiger partial charge in [-0.05, 0) is 42.8 Å². The van der Waals surface area contributed by atoms with Crippen molar-refractivity contribution < 1.29 is 9.47 Å². The second-order valence-corrected chi connectivity index (χ2v) is 8.07. The number of nitrogens with zero attached hydrogens (tertiary/aromatic N) is 4. The number of aliphatic imine (C=N–C) groups is 2. The lowest BCUT2D eigenvalue weighted by molar-refractivity contribution is 0.172. The summed E-state index contributed by atoms with van der Waals surface area (Å²) in [6.45, 7) is 7.18. The number of ether oxygens (including phenoxy) is 2. The first-order chi connectivity index (χ1) is 14.1. The molecule has 1 saturated heterocycles. The fourth-order valence-corrected chi connectivity index (χ4v) is 4.14. The normalized spacial score (nSPS) is 18.8. The minimum absolute atomic E-state index is 0.316. The van der Waals surface area contributed by atoms with E-state index in [0.717, 1.165) is 73.6 Å². The predicted molar refractivity (Wildman–Crippen MR) is 115 cm³/mol. The molecule has 0 unspecified atom stereocenters. The van der Waals surface area contributed by atoms with Gasteiger partial charge in [0.05, 0.1) is 11.4 Å². The Morgan fingerprint density at radius 3 is 2.62 bits per heavy atom. The smallest absolute Gasteiger partial charge is 0.231 e. The largest absolute Gasteiger partial charge is 0.454 e. The van der Waals surface area contributed by atoms with E-state index < -0.39 is 0 Å². The van der Waals surface area contributed by atoms with E-state index in [9.17, 15) is 0 Å². The number of fused-ring (bicyclic) bond motifs is 2. The Bertz CT molecular complexity index is 996. The van der Waals surface area contributed by atoms with E-state index in [1.165, 1.54) is 5.56 Å². The highest BCUT2D eigenvalue weighted by atomic mass is 35.5. The number of benzene rings is 2. The van der Waals surface area contributed by atoms with Crippen LogP contribution >= 0.6 is 11.6 Å². The van der Waals surface area contributed by atoms with Crippen LogP contribution in [0.1, 0.15) is 18.9 Å². The topological polar surface area (TPSA) is 49.7 Å². The van der Waals surface area contributed by atoms with Gasteiger partial charge < -0.3 is 14.4 Å². The molecule has 5 rings (SSSR count). The molecule has 0 aliphatic carbocycles. The molecule has 0 spiro atoms. The summed E-state index contributed by atoms with van der Waals surface area (Å²) >= 11 is 6.18. The molecule has 150 valence electrons. The summed E-state index contributed by atoms with van der Waals surface area (Å²) in [7, 11) is 0. The summed E-state index contributed by atoms with van der Waals surface area (Å²) in [5, 5.41) is 0.690. The third kappa shape index (κ3) is 3.95. The highest BCUT2D eigenvalue weighted by Gasteiger charge is 2.23. The van der Waals surface area contributed by atoms with Crippen molar-refractivity contribution in [2.45, 2.75) is 19.9 Å². The highest BCUT2D eigenvalue weighted by molar-refractivity contribution is 6.31. The summed E-state index contributed by atoms with van der Waals surface area (Å²) in [5.74, 6) is 2.76. The first kappa shape index (κ1) is 18.5. The molecule has 3 aliphatic heterocycles.